The maximum absolute atomic E-state index is 13.1. The van der Waals surface area contributed by atoms with Crippen molar-refractivity contribution in [3.8, 4) is 28.6 Å². The molecule has 2 aromatic heterocycles. The third kappa shape index (κ3) is 3.92. The molecule has 0 saturated carbocycles. The van der Waals surface area contributed by atoms with Crippen LogP contribution in [0.3, 0.4) is 0 Å². The van der Waals surface area contributed by atoms with E-state index in [1.807, 2.05) is 37.3 Å². The van der Waals surface area contributed by atoms with Crippen molar-refractivity contribution in [2.75, 3.05) is 6.79 Å². The lowest BCUT2D eigenvalue weighted by Crippen LogP contribution is -2.25. The maximum Gasteiger partial charge on any atom is 0.270 e. The van der Waals surface area contributed by atoms with E-state index < -0.39 is 0 Å². The highest BCUT2D eigenvalue weighted by Crippen LogP contribution is 2.32. The molecule has 2 aromatic carbocycles. The van der Waals surface area contributed by atoms with Crippen molar-refractivity contribution in [1.82, 2.24) is 15.1 Å². The summed E-state index contributed by atoms with van der Waals surface area (Å²) in [5.74, 6) is 2.35. The number of carbonyl (C=O) groups is 1. The fourth-order valence-corrected chi connectivity index (χ4v) is 3.67. The fourth-order valence-electron chi connectivity index (χ4n) is 3.37. The highest BCUT2D eigenvalue weighted by Gasteiger charge is 2.20. The summed E-state index contributed by atoms with van der Waals surface area (Å²) in [6.07, 6.45) is 0. The van der Waals surface area contributed by atoms with Crippen LogP contribution in [0.4, 0.5) is 0 Å². The van der Waals surface area contributed by atoms with Gasteiger partial charge in [-0.2, -0.15) is 5.10 Å². The van der Waals surface area contributed by atoms with Gasteiger partial charge < -0.3 is 19.2 Å². The average Bonchev–Trinajstić information content (AvgIpc) is 3.52. The van der Waals surface area contributed by atoms with E-state index in [2.05, 4.69) is 10.4 Å². The van der Waals surface area contributed by atoms with Gasteiger partial charge in [0.15, 0.2) is 17.3 Å². The van der Waals surface area contributed by atoms with Gasteiger partial charge in [0.25, 0.3) is 5.91 Å². The Morgan fingerprint density at radius 2 is 1.88 bits per heavy atom. The highest BCUT2D eigenvalue weighted by atomic mass is 35.5. The Morgan fingerprint density at radius 3 is 2.66 bits per heavy atom. The molecule has 0 spiro atoms. The zero-order chi connectivity index (χ0) is 22.2. The molecule has 0 unspecified atom stereocenters. The van der Waals surface area contributed by atoms with Crippen molar-refractivity contribution >= 4 is 29.1 Å². The molecule has 3 heterocycles. The van der Waals surface area contributed by atoms with Gasteiger partial charge in [-0.1, -0.05) is 29.3 Å². The number of amides is 1. The summed E-state index contributed by atoms with van der Waals surface area (Å²) in [5, 5.41) is 8.29. The lowest BCUT2D eigenvalue weighted by atomic mass is 10.2. The molecule has 0 fully saturated rings. The molecule has 0 saturated heterocycles. The molecule has 0 bridgehead atoms. The Kier molecular flexibility index (Phi) is 5.28. The number of furan rings is 1. The molecule has 1 N–H and O–H groups in total. The second-order valence-electron chi connectivity index (χ2n) is 7.21. The third-order valence-corrected chi connectivity index (χ3v) is 5.71. The standard InChI is InChI=1S/C23H17Cl2N3O4/c1-13-2-6-20(32-13)18-10-19(28(27-18)15-4-5-16(24)17(25)9-15)23(29)26-11-14-3-7-21-22(8-14)31-12-30-21/h2-10H,11-12H2,1H3,(H,26,29). The van der Waals surface area contributed by atoms with Crippen LogP contribution in [-0.2, 0) is 6.54 Å². The normalized spacial score (nSPS) is 12.2. The lowest BCUT2D eigenvalue weighted by Gasteiger charge is -2.09. The highest BCUT2D eigenvalue weighted by molar-refractivity contribution is 6.42. The number of halogens is 2. The van der Waals surface area contributed by atoms with E-state index in [1.54, 1.807) is 24.3 Å². The molecule has 0 atom stereocenters. The van der Waals surface area contributed by atoms with Crippen molar-refractivity contribution in [3.63, 3.8) is 0 Å². The molecule has 1 aliphatic rings. The summed E-state index contributed by atoms with van der Waals surface area (Å²) in [4.78, 5) is 13.1. The first kappa shape index (κ1) is 20.5. The van der Waals surface area contributed by atoms with Crippen molar-refractivity contribution in [2.24, 2.45) is 0 Å². The molecule has 0 radical (unpaired) electrons. The number of hydrogen-bond donors (Lipinski definition) is 1. The predicted octanol–water partition coefficient (Wildman–Crippen LogP) is 5.41. The monoisotopic (exact) mass is 469 g/mol. The molecular formula is C23H17Cl2N3O4. The first-order valence-corrected chi connectivity index (χ1v) is 10.5. The van der Waals surface area contributed by atoms with Gasteiger partial charge in [0.05, 0.1) is 15.7 Å². The van der Waals surface area contributed by atoms with Crippen LogP contribution in [0, 0.1) is 6.92 Å². The van der Waals surface area contributed by atoms with Crippen molar-refractivity contribution in [2.45, 2.75) is 13.5 Å². The number of carbonyl (C=O) groups excluding carboxylic acids is 1. The van der Waals surface area contributed by atoms with Crippen LogP contribution in [0.2, 0.25) is 10.0 Å². The Bertz CT molecular complexity index is 1330. The van der Waals surface area contributed by atoms with Gasteiger partial charge in [0.1, 0.15) is 17.1 Å². The lowest BCUT2D eigenvalue weighted by molar-refractivity contribution is 0.0943. The first-order chi connectivity index (χ1) is 15.5. The Morgan fingerprint density at radius 1 is 1.03 bits per heavy atom. The van der Waals surface area contributed by atoms with Crippen LogP contribution >= 0.6 is 23.2 Å². The molecule has 32 heavy (non-hydrogen) atoms. The van der Waals surface area contributed by atoms with Gasteiger partial charge in [-0.3, -0.25) is 4.79 Å². The SMILES string of the molecule is Cc1ccc(-c2cc(C(=O)NCc3ccc4c(c3)OCO4)n(-c3ccc(Cl)c(Cl)c3)n2)o1. The van der Waals surface area contributed by atoms with Crippen LogP contribution in [0.1, 0.15) is 21.8 Å². The number of fused-ring (bicyclic) bond motifs is 1. The molecule has 1 aliphatic heterocycles. The summed E-state index contributed by atoms with van der Waals surface area (Å²) in [7, 11) is 0. The number of aryl methyl sites for hydroxylation is 1. The van der Waals surface area contributed by atoms with Gasteiger partial charge in [-0.05, 0) is 55.0 Å². The topological polar surface area (TPSA) is 78.5 Å². The number of hydrogen-bond acceptors (Lipinski definition) is 5. The largest absolute Gasteiger partial charge is 0.460 e. The molecule has 9 heteroatoms. The van der Waals surface area contributed by atoms with Crippen LogP contribution in [-0.4, -0.2) is 22.5 Å². The van der Waals surface area contributed by atoms with E-state index in [1.165, 1.54) is 4.68 Å². The number of ether oxygens (including phenoxy) is 2. The summed E-state index contributed by atoms with van der Waals surface area (Å²) in [6, 6.07) is 15.9. The molecule has 162 valence electrons. The van der Waals surface area contributed by atoms with E-state index in [-0.39, 0.29) is 12.7 Å². The minimum absolute atomic E-state index is 0.197. The number of benzene rings is 2. The smallest absolute Gasteiger partial charge is 0.270 e. The molecule has 7 nitrogen and oxygen atoms in total. The molecular weight excluding hydrogens is 453 g/mol. The zero-order valence-electron chi connectivity index (χ0n) is 16.9. The van der Waals surface area contributed by atoms with Gasteiger partial charge in [-0.15, -0.1) is 0 Å². The van der Waals surface area contributed by atoms with E-state index in [4.69, 9.17) is 37.1 Å². The van der Waals surface area contributed by atoms with E-state index in [9.17, 15) is 4.79 Å². The Hall–Kier alpha value is -3.42. The van der Waals surface area contributed by atoms with Crippen molar-refractivity contribution in [1.29, 1.82) is 0 Å². The van der Waals surface area contributed by atoms with E-state index in [0.717, 1.165) is 11.3 Å². The zero-order valence-corrected chi connectivity index (χ0v) is 18.4. The quantitative estimate of drug-likeness (QED) is 0.422. The van der Waals surface area contributed by atoms with Gasteiger partial charge >= 0.3 is 0 Å². The molecule has 1 amide bonds. The minimum atomic E-state index is -0.309. The fraction of sp³-hybridized carbons (Fsp3) is 0.130. The van der Waals surface area contributed by atoms with E-state index in [0.29, 0.717) is 50.9 Å². The Balaban J connectivity index is 1.46. The summed E-state index contributed by atoms with van der Waals surface area (Å²) in [6.45, 7) is 2.35. The second-order valence-corrected chi connectivity index (χ2v) is 8.02. The summed E-state index contributed by atoms with van der Waals surface area (Å²) in [5.41, 5.74) is 2.33. The predicted molar refractivity (Wildman–Crippen MR) is 120 cm³/mol. The summed E-state index contributed by atoms with van der Waals surface area (Å²) < 4.78 is 17.9. The maximum atomic E-state index is 13.1. The molecule has 4 aromatic rings. The second kappa shape index (κ2) is 8.26. The van der Waals surface area contributed by atoms with Crippen molar-refractivity contribution < 1.29 is 18.7 Å². The Labute approximate surface area is 193 Å². The number of nitrogens with zero attached hydrogens (tertiary/aromatic N) is 2. The van der Waals surface area contributed by atoms with Gasteiger partial charge in [0, 0.05) is 12.6 Å². The molecule has 5 rings (SSSR count). The van der Waals surface area contributed by atoms with Crippen LogP contribution in [0.15, 0.2) is 59.0 Å². The van der Waals surface area contributed by atoms with E-state index >= 15 is 0 Å². The van der Waals surface area contributed by atoms with Crippen molar-refractivity contribution in [3.05, 3.63) is 81.7 Å². The van der Waals surface area contributed by atoms with Crippen LogP contribution < -0.4 is 14.8 Å². The molecule has 0 aliphatic carbocycles. The third-order valence-electron chi connectivity index (χ3n) is 4.97. The number of aromatic nitrogens is 2. The van der Waals surface area contributed by atoms with Crippen LogP contribution in [0.25, 0.3) is 17.1 Å². The summed E-state index contributed by atoms with van der Waals surface area (Å²) >= 11 is 12.3. The number of rotatable bonds is 5. The number of nitrogens with one attached hydrogen (secondary N) is 1. The average molecular weight is 470 g/mol. The van der Waals surface area contributed by atoms with Gasteiger partial charge in [-0.25, -0.2) is 4.68 Å². The van der Waals surface area contributed by atoms with Crippen LogP contribution in [0.5, 0.6) is 11.5 Å². The van der Waals surface area contributed by atoms with Gasteiger partial charge in [0.2, 0.25) is 6.79 Å². The minimum Gasteiger partial charge on any atom is -0.460 e. The first-order valence-electron chi connectivity index (χ1n) is 9.77.